The molecular formula is C25H30ClF2N5O. The predicted molar refractivity (Wildman–Crippen MR) is 129 cm³/mol. The molecule has 1 aromatic heterocycles. The van der Waals surface area contributed by atoms with Crippen LogP contribution >= 0.6 is 11.6 Å². The largest absolute Gasteiger partial charge is 0.381 e. The number of hydrogen-bond acceptors (Lipinski definition) is 5. The first-order valence-corrected chi connectivity index (χ1v) is 11.8. The number of rotatable bonds is 7. The number of aryl methyl sites for hydroxylation is 1. The maximum absolute atomic E-state index is 14.9. The fraction of sp³-hybridized carbons (Fsp3) is 0.440. The van der Waals surface area contributed by atoms with Crippen molar-refractivity contribution in [1.29, 1.82) is 0 Å². The number of anilines is 1. The highest BCUT2D eigenvalue weighted by molar-refractivity contribution is 6.30. The summed E-state index contributed by atoms with van der Waals surface area (Å²) in [4.78, 5) is 8.39. The van der Waals surface area contributed by atoms with E-state index in [0.29, 0.717) is 0 Å². The van der Waals surface area contributed by atoms with Gasteiger partial charge in [-0.3, -0.25) is 4.90 Å². The minimum atomic E-state index is -1.65. The van der Waals surface area contributed by atoms with E-state index in [9.17, 15) is 13.9 Å². The molecular weight excluding hydrogens is 460 g/mol. The lowest BCUT2D eigenvalue weighted by atomic mass is 9.84. The summed E-state index contributed by atoms with van der Waals surface area (Å²) < 4.78 is 30.0. The van der Waals surface area contributed by atoms with E-state index in [1.165, 1.54) is 35.2 Å². The fourth-order valence-electron chi connectivity index (χ4n) is 4.99. The van der Waals surface area contributed by atoms with Gasteiger partial charge in [0.25, 0.3) is 0 Å². The van der Waals surface area contributed by atoms with Gasteiger partial charge in [-0.1, -0.05) is 17.7 Å². The first-order chi connectivity index (χ1) is 16.2. The molecule has 0 aliphatic carbocycles. The minimum Gasteiger partial charge on any atom is -0.381 e. The second kappa shape index (κ2) is 9.98. The molecule has 1 N–H and O–H groups in total. The minimum absolute atomic E-state index is 0.0100. The molecule has 0 spiro atoms. The normalized spacial score (nSPS) is 17.7. The number of aliphatic hydroxyl groups is 1. The molecule has 34 heavy (non-hydrogen) atoms. The molecule has 2 heterocycles. The van der Waals surface area contributed by atoms with E-state index in [1.807, 2.05) is 26.1 Å². The smallest absolute Gasteiger partial charge is 0.137 e. The molecule has 9 heteroatoms. The van der Waals surface area contributed by atoms with Crippen LogP contribution in [0.25, 0.3) is 0 Å². The van der Waals surface area contributed by atoms with E-state index in [-0.39, 0.29) is 18.2 Å². The third-order valence-corrected chi connectivity index (χ3v) is 7.34. The Morgan fingerprint density at radius 1 is 1.21 bits per heavy atom. The molecule has 0 bridgehead atoms. The summed E-state index contributed by atoms with van der Waals surface area (Å²) in [6.07, 6.45) is 4.61. The fourth-order valence-corrected chi connectivity index (χ4v) is 5.21. The van der Waals surface area contributed by atoms with Crippen molar-refractivity contribution >= 4 is 17.3 Å². The van der Waals surface area contributed by atoms with Crippen molar-refractivity contribution in [3.8, 4) is 0 Å². The lowest BCUT2D eigenvalue weighted by Gasteiger charge is -2.45. The van der Waals surface area contributed by atoms with Crippen LogP contribution in [-0.2, 0) is 12.1 Å². The van der Waals surface area contributed by atoms with E-state index < -0.39 is 23.3 Å². The van der Waals surface area contributed by atoms with Gasteiger partial charge < -0.3 is 10.0 Å². The second-order valence-corrected chi connectivity index (χ2v) is 9.57. The Kier molecular flexibility index (Phi) is 7.21. The van der Waals surface area contributed by atoms with Gasteiger partial charge in [-0.15, -0.1) is 0 Å². The molecule has 2 aromatic carbocycles. The van der Waals surface area contributed by atoms with Gasteiger partial charge in [0.15, 0.2) is 0 Å². The van der Waals surface area contributed by atoms with Gasteiger partial charge in [-0.2, -0.15) is 5.10 Å². The topological polar surface area (TPSA) is 57.4 Å². The van der Waals surface area contributed by atoms with Crippen LogP contribution in [-0.4, -0.2) is 57.0 Å². The van der Waals surface area contributed by atoms with Crippen LogP contribution in [0.1, 0.15) is 30.9 Å². The summed E-state index contributed by atoms with van der Waals surface area (Å²) in [5.41, 5.74) is 0.707. The SMILES string of the molecule is Cc1cc(Cl)ccc1N1CCC(N(C)[C@H](C)[C@](O)(Cn2cncn2)c2ccc(F)cc2F)CC1. The van der Waals surface area contributed by atoms with Crippen LogP contribution in [0.15, 0.2) is 49.1 Å². The lowest BCUT2D eigenvalue weighted by Crippen LogP contribution is -2.55. The predicted octanol–water partition coefficient (Wildman–Crippen LogP) is 4.40. The third-order valence-electron chi connectivity index (χ3n) is 7.11. The van der Waals surface area contributed by atoms with Crippen LogP contribution in [0.5, 0.6) is 0 Å². The van der Waals surface area contributed by atoms with E-state index in [4.69, 9.17) is 11.6 Å². The highest BCUT2D eigenvalue weighted by atomic mass is 35.5. The average molecular weight is 490 g/mol. The van der Waals surface area contributed by atoms with E-state index >= 15 is 0 Å². The van der Waals surface area contributed by atoms with Gasteiger partial charge in [0.1, 0.15) is 29.9 Å². The van der Waals surface area contributed by atoms with Gasteiger partial charge in [0, 0.05) is 47.5 Å². The van der Waals surface area contributed by atoms with Crippen LogP contribution < -0.4 is 4.90 Å². The summed E-state index contributed by atoms with van der Waals surface area (Å²) in [6.45, 7) is 5.63. The summed E-state index contributed by atoms with van der Waals surface area (Å²) in [7, 11) is 1.95. The Labute approximate surface area is 203 Å². The van der Waals surface area contributed by atoms with Crippen molar-refractivity contribution in [1.82, 2.24) is 19.7 Å². The summed E-state index contributed by atoms with van der Waals surface area (Å²) in [6, 6.07) is 8.93. The lowest BCUT2D eigenvalue weighted by molar-refractivity contribution is -0.0697. The van der Waals surface area contributed by atoms with Crippen molar-refractivity contribution in [3.05, 3.63) is 76.8 Å². The maximum Gasteiger partial charge on any atom is 0.137 e. The summed E-state index contributed by atoms with van der Waals surface area (Å²) >= 11 is 6.11. The number of aromatic nitrogens is 3. The van der Waals surface area contributed by atoms with Gasteiger partial charge in [-0.05, 0) is 63.6 Å². The number of likely N-dealkylation sites (N-methyl/N-ethyl adjacent to an activating group) is 1. The first kappa shape index (κ1) is 24.6. The van der Waals surface area contributed by atoms with E-state index in [1.54, 1.807) is 0 Å². The first-order valence-electron chi connectivity index (χ1n) is 11.4. The third kappa shape index (κ3) is 4.94. The summed E-state index contributed by atoms with van der Waals surface area (Å²) in [5, 5.41) is 16.7. The molecule has 0 saturated carbocycles. The zero-order chi connectivity index (χ0) is 24.5. The highest BCUT2D eigenvalue weighted by Gasteiger charge is 2.43. The number of hydrogen-bond donors (Lipinski definition) is 1. The second-order valence-electron chi connectivity index (χ2n) is 9.13. The summed E-state index contributed by atoms with van der Waals surface area (Å²) in [5.74, 6) is -1.47. The highest BCUT2D eigenvalue weighted by Crippen LogP contribution is 2.35. The molecule has 4 rings (SSSR count). The molecule has 1 aliphatic heterocycles. The molecule has 182 valence electrons. The number of benzene rings is 2. The number of halogens is 3. The molecule has 1 saturated heterocycles. The zero-order valence-corrected chi connectivity index (χ0v) is 20.4. The van der Waals surface area contributed by atoms with Crippen molar-refractivity contribution < 1.29 is 13.9 Å². The molecule has 1 fully saturated rings. The Balaban J connectivity index is 1.54. The molecule has 0 unspecified atom stereocenters. The van der Waals surface area contributed by atoms with Crippen molar-refractivity contribution in [2.45, 2.75) is 50.9 Å². The van der Waals surface area contributed by atoms with Crippen LogP contribution in [0.4, 0.5) is 14.5 Å². The molecule has 6 nitrogen and oxygen atoms in total. The molecule has 2 atom stereocenters. The average Bonchev–Trinajstić information content (AvgIpc) is 3.31. The molecule has 0 amide bonds. The standard InChI is InChI=1S/C25H30ClF2N5O/c1-17-12-19(26)4-7-24(17)32-10-8-21(9-11-32)31(3)18(2)25(34,14-33-16-29-15-30-33)22-6-5-20(27)13-23(22)28/h4-7,12-13,15-16,18,21,34H,8-11,14H2,1-3H3/t18-,25-/m1/s1. The Morgan fingerprint density at radius 3 is 2.56 bits per heavy atom. The van der Waals surface area contributed by atoms with E-state index in [0.717, 1.165) is 42.6 Å². The van der Waals surface area contributed by atoms with Gasteiger partial charge >= 0.3 is 0 Å². The molecule has 3 aromatic rings. The van der Waals surface area contributed by atoms with Crippen LogP contribution in [0.3, 0.4) is 0 Å². The van der Waals surface area contributed by atoms with Gasteiger partial charge in [0.05, 0.1) is 6.54 Å². The molecule has 1 aliphatic rings. The maximum atomic E-state index is 14.9. The quantitative estimate of drug-likeness (QED) is 0.533. The van der Waals surface area contributed by atoms with Crippen molar-refractivity contribution in [3.63, 3.8) is 0 Å². The molecule has 0 radical (unpaired) electrons. The van der Waals surface area contributed by atoms with Crippen molar-refractivity contribution in [2.24, 2.45) is 0 Å². The Bertz CT molecular complexity index is 1120. The van der Waals surface area contributed by atoms with Crippen LogP contribution in [0, 0.1) is 18.6 Å². The van der Waals surface area contributed by atoms with E-state index in [2.05, 4.69) is 32.9 Å². The zero-order valence-electron chi connectivity index (χ0n) is 19.6. The Morgan fingerprint density at radius 2 is 1.94 bits per heavy atom. The number of nitrogens with zero attached hydrogens (tertiary/aromatic N) is 5. The Hall–Kier alpha value is -2.55. The van der Waals surface area contributed by atoms with Gasteiger partial charge in [0.2, 0.25) is 0 Å². The number of piperidine rings is 1. The monoisotopic (exact) mass is 489 g/mol. The van der Waals surface area contributed by atoms with Crippen molar-refractivity contribution in [2.75, 3.05) is 25.0 Å². The van der Waals surface area contributed by atoms with Gasteiger partial charge in [-0.25, -0.2) is 18.4 Å². The van der Waals surface area contributed by atoms with Crippen LogP contribution in [0.2, 0.25) is 5.02 Å².